The molecule has 0 aromatic carbocycles. The molecule has 128 valence electrons. The number of halogens is 1. The molecular weight excluding hydrogens is 308 g/mol. The predicted octanol–water partition coefficient (Wildman–Crippen LogP) is 1.48. The van der Waals surface area contributed by atoms with Crippen LogP contribution in [0.1, 0.15) is 28.7 Å². The molecule has 0 aliphatic rings. The molecule has 0 spiro atoms. The molecule has 0 aromatic heterocycles. The maximum atomic E-state index is 10.2. The van der Waals surface area contributed by atoms with Crippen LogP contribution in [0.5, 0.6) is 0 Å². The van der Waals surface area contributed by atoms with Crippen LogP contribution in [0, 0.1) is 0 Å². The zero-order chi connectivity index (χ0) is 15.8. The van der Waals surface area contributed by atoms with Crippen molar-refractivity contribution in [2.24, 2.45) is 0 Å². The normalized spacial score (nSPS) is 6.90. The molecule has 0 aliphatic heterocycles. The van der Waals surface area contributed by atoms with E-state index in [2.05, 4.69) is 14.2 Å². The Morgan fingerprint density at radius 3 is 1.43 bits per heavy atom. The highest BCUT2D eigenvalue weighted by Crippen LogP contribution is 1.78. The van der Waals surface area contributed by atoms with Crippen molar-refractivity contribution >= 4 is 35.5 Å². The van der Waals surface area contributed by atoms with E-state index in [1.807, 2.05) is 0 Å². The highest BCUT2D eigenvalue weighted by Gasteiger charge is 2.00. The number of methoxy groups -OCH3 is 2. The average molecular weight is 333 g/mol. The number of ether oxygens (including phenoxy) is 3. The second-order valence-corrected chi connectivity index (χ2v) is 2.85. The molecule has 0 unspecified atom stereocenters. The summed E-state index contributed by atoms with van der Waals surface area (Å²) in [6.45, 7) is 2.01. The van der Waals surface area contributed by atoms with Gasteiger partial charge in [0.2, 0.25) is 0 Å². The molecule has 0 atom stereocenters. The average Bonchev–Trinajstić information content (AvgIpc) is 2.34. The molecule has 0 fully saturated rings. The molecular formula is C12H25ClO8. The summed E-state index contributed by atoms with van der Waals surface area (Å²) in [4.78, 5) is 39.1. The number of carboxylic acids is 1. The molecule has 0 rings (SSSR count). The first-order chi connectivity index (χ1) is 8.70. The Kier molecular flexibility index (Phi) is 34.9. The van der Waals surface area contributed by atoms with Gasteiger partial charge in [-0.1, -0.05) is 14.9 Å². The molecule has 0 saturated heterocycles. The Balaban J connectivity index is -0.0000000627. The van der Waals surface area contributed by atoms with Crippen LogP contribution in [0.3, 0.4) is 0 Å². The Hall–Kier alpha value is -1.83. The number of carbonyl (C=O) groups is 4. The molecule has 8 nitrogen and oxygen atoms in total. The minimum atomic E-state index is -0.833. The van der Waals surface area contributed by atoms with Crippen LogP contribution in [0.25, 0.3) is 0 Å². The highest BCUT2D eigenvalue weighted by molar-refractivity contribution is 6.26. The summed E-state index contributed by atoms with van der Waals surface area (Å²) in [5, 5.41) is 7.42. The number of carboxylic acid groups (broad SMARTS) is 1. The zero-order valence-corrected chi connectivity index (χ0v) is 11.9. The van der Waals surface area contributed by atoms with Crippen LogP contribution in [-0.2, 0) is 33.4 Å². The molecule has 0 aliphatic carbocycles. The number of hydrogen-bond acceptors (Lipinski definition) is 7. The SMILES string of the molecule is C.C.CC(=O)O.COC(=O)CCl.COC(=O)COC(C)=O. The summed E-state index contributed by atoms with van der Waals surface area (Å²) < 4.78 is 12.6. The van der Waals surface area contributed by atoms with Gasteiger partial charge in [-0.2, -0.15) is 0 Å². The Morgan fingerprint density at radius 2 is 1.29 bits per heavy atom. The molecule has 9 heteroatoms. The molecule has 0 amide bonds. The van der Waals surface area contributed by atoms with Crippen LogP contribution in [0.4, 0.5) is 0 Å². The Morgan fingerprint density at radius 1 is 0.952 bits per heavy atom. The van der Waals surface area contributed by atoms with Crippen molar-refractivity contribution in [1.29, 1.82) is 0 Å². The van der Waals surface area contributed by atoms with Gasteiger partial charge in [0.05, 0.1) is 14.2 Å². The lowest BCUT2D eigenvalue weighted by Gasteiger charge is -1.97. The molecule has 0 aromatic rings. The van der Waals surface area contributed by atoms with Gasteiger partial charge >= 0.3 is 17.9 Å². The quantitative estimate of drug-likeness (QED) is 0.469. The minimum absolute atomic E-state index is 0. The highest BCUT2D eigenvalue weighted by atomic mass is 35.5. The van der Waals surface area contributed by atoms with E-state index in [0.717, 1.165) is 6.92 Å². The first-order valence-electron chi connectivity index (χ1n) is 4.73. The van der Waals surface area contributed by atoms with E-state index in [1.54, 1.807) is 0 Å². The van der Waals surface area contributed by atoms with Gasteiger partial charge in [0.1, 0.15) is 5.88 Å². The summed E-state index contributed by atoms with van der Waals surface area (Å²) in [6, 6.07) is 0. The second kappa shape index (κ2) is 23.3. The van der Waals surface area contributed by atoms with Gasteiger partial charge in [0.15, 0.2) is 6.61 Å². The molecule has 1 N–H and O–H groups in total. The van der Waals surface area contributed by atoms with Gasteiger partial charge in [0, 0.05) is 13.8 Å². The van der Waals surface area contributed by atoms with Crippen LogP contribution >= 0.6 is 11.6 Å². The summed E-state index contributed by atoms with van der Waals surface area (Å²) >= 11 is 4.98. The maximum Gasteiger partial charge on any atom is 0.344 e. The van der Waals surface area contributed by atoms with E-state index in [0.29, 0.717) is 0 Å². The van der Waals surface area contributed by atoms with Crippen molar-refractivity contribution in [3.05, 3.63) is 0 Å². The summed E-state index contributed by atoms with van der Waals surface area (Å²) in [7, 11) is 2.52. The summed E-state index contributed by atoms with van der Waals surface area (Å²) in [6.07, 6.45) is 0. The number of aliphatic carboxylic acids is 1. The predicted molar refractivity (Wildman–Crippen MR) is 78.2 cm³/mol. The molecule has 0 heterocycles. The molecule has 21 heavy (non-hydrogen) atoms. The third-order valence-electron chi connectivity index (χ3n) is 0.958. The van der Waals surface area contributed by atoms with E-state index in [-0.39, 0.29) is 27.3 Å². The Labute approximate surface area is 130 Å². The standard InChI is InChI=1S/C5H8O4.C3H5ClO2.C2H4O2.2CH4/c1-4(6)9-3-5(7)8-2;1-6-3(5)2-4;1-2(3)4;;/h3H2,1-2H3;2H2,1H3;1H3,(H,3,4);2*1H4. The third-order valence-corrected chi connectivity index (χ3v) is 1.18. The number of rotatable bonds is 3. The molecule has 0 saturated carbocycles. The van der Waals surface area contributed by atoms with Crippen molar-refractivity contribution in [1.82, 2.24) is 0 Å². The first kappa shape index (κ1) is 31.5. The fraction of sp³-hybridized carbons (Fsp3) is 0.667. The maximum absolute atomic E-state index is 10.2. The van der Waals surface area contributed by atoms with Gasteiger partial charge in [-0.25, -0.2) is 4.79 Å². The largest absolute Gasteiger partial charge is 0.481 e. The van der Waals surface area contributed by atoms with Gasteiger partial charge in [0.25, 0.3) is 5.97 Å². The fourth-order valence-electron chi connectivity index (χ4n) is 0.274. The zero-order valence-electron chi connectivity index (χ0n) is 11.1. The van der Waals surface area contributed by atoms with E-state index < -0.39 is 23.9 Å². The van der Waals surface area contributed by atoms with Crippen molar-refractivity contribution in [2.45, 2.75) is 28.7 Å². The monoisotopic (exact) mass is 332 g/mol. The van der Waals surface area contributed by atoms with Gasteiger partial charge in [-0.15, -0.1) is 11.6 Å². The van der Waals surface area contributed by atoms with Crippen LogP contribution < -0.4 is 0 Å². The smallest absolute Gasteiger partial charge is 0.344 e. The fourth-order valence-corrected chi connectivity index (χ4v) is 0.383. The number of carbonyl (C=O) groups excluding carboxylic acids is 3. The van der Waals surface area contributed by atoms with Crippen molar-refractivity contribution < 1.29 is 38.5 Å². The molecule has 0 bridgehead atoms. The van der Waals surface area contributed by atoms with Crippen LogP contribution in [-0.4, -0.2) is 55.7 Å². The number of hydrogen-bond donors (Lipinski definition) is 1. The van der Waals surface area contributed by atoms with E-state index in [9.17, 15) is 14.4 Å². The van der Waals surface area contributed by atoms with Crippen molar-refractivity contribution in [3.8, 4) is 0 Å². The number of esters is 3. The van der Waals surface area contributed by atoms with E-state index in [1.165, 1.54) is 21.1 Å². The first-order valence-corrected chi connectivity index (χ1v) is 5.27. The van der Waals surface area contributed by atoms with Crippen molar-refractivity contribution in [2.75, 3.05) is 26.7 Å². The lowest BCUT2D eigenvalue weighted by Crippen LogP contribution is -2.12. The van der Waals surface area contributed by atoms with Gasteiger partial charge in [-0.05, 0) is 0 Å². The Bertz CT molecular complexity index is 281. The van der Waals surface area contributed by atoms with Crippen LogP contribution in [0.15, 0.2) is 0 Å². The lowest BCUT2D eigenvalue weighted by atomic mass is 10.7. The van der Waals surface area contributed by atoms with Gasteiger partial charge < -0.3 is 19.3 Å². The van der Waals surface area contributed by atoms with E-state index in [4.69, 9.17) is 21.5 Å². The number of alkyl halides is 1. The van der Waals surface area contributed by atoms with Crippen molar-refractivity contribution in [3.63, 3.8) is 0 Å². The molecule has 0 radical (unpaired) electrons. The van der Waals surface area contributed by atoms with E-state index >= 15 is 0 Å². The second-order valence-electron chi connectivity index (χ2n) is 2.59. The minimum Gasteiger partial charge on any atom is -0.481 e. The third kappa shape index (κ3) is 56.5. The summed E-state index contributed by atoms with van der Waals surface area (Å²) in [5.74, 6) is -2.32. The topological polar surface area (TPSA) is 116 Å². The summed E-state index contributed by atoms with van der Waals surface area (Å²) in [5.41, 5.74) is 0. The lowest BCUT2D eigenvalue weighted by molar-refractivity contribution is -0.155. The van der Waals surface area contributed by atoms with Crippen LogP contribution in [0.2, 0.25) is 0 Å². The van der Waals surface area contributed by atoms with Gasteiger partial charge in [-0.3, -0.25) is 14.4 Å².